The molecule has 0 bridgehead atoms. The summed E-state index contributed by atoms with van der Waals surface area (Å²) in [5.41, 5.74) is -0.355. The first kappa shape index (κ1) is 7.54. The van der Waals surface area contributed by atoms with Gasteiger partial charge in [0.15, 0.2) is 0 Å². The van der Waals surface area contributed by atoms with Crippen molar-refractivity contribution in [2.75, 3.05) is 13.7 Å². The fourth-order valence-electron chi connectivity index (χ4n) is 1.15. The molecule has 1 aliphatic rings. The van der Waals surface area contributed by atoms with Gasteiger partial charge < -0.3 is 9.47 Å². The standard InChI is InChI=1S/C7H12O3/c1-7(5-9-2)4-3-6(8)10-7/h3-5H2,1-2H3. The Hall–Kier alpha value is -0.570. The molecule has 1 atom stereocenters. The lowest BCUT2D eigenvalue weighted by molar-refractivity contribution is -0.150. The molecule has 1 saturated heterocycles. The SMILES string of the molecule is COCC1(C)CCC(=O)O1. The summed E-state index contributed by atoms with van der Waals surface area (Å²) >= 11 is 0. The largest absolute Gasteiger partial charge is 0.457 e. The molecule has 1 fully saturated rings. The van der Waals surface area contributed by atoms with Crippen molar-refractivity contribution in [3.05, 3.63) is 0 Å². The highest BCUT2D eigenvalue weighted by Gasteiger charge is 2.35. The van der Waals surface area contributed by atoms with Crippen LogP contribution in [0.15, 0.2) is 0 Å². The van der Waals surface area contributed by atoms with Gasteiger partial charge in [0.1, 0.15) is 5.60 Å². The minimum Gasteiger partial charge on any atom is -0.457 e. The van der Waals surface area contributed by atoms with Crippen LogP contribution < -0.4 is 0 Å². The number of carbonyl (C=O) groups excluding carboxylic acids is 1. The smallest absolute Gasteiger partial charge is 0.306 e. The van der Waals surface area contributed by atoms with Crippen molar-refractivity contribution in [2.45, 2.75) is 25.4 Å². The molecule has 10 heavy (non-hydrogen) atoms. The zero-order chi connectivity index (χ0) is 7.61. The van der Waals surface area contributed by atoms with Gasteiger partial charge in [0.25, 0.3) is 0 Å². The highest BCUT2D eigenvalue weighted by molar-refractivity contribution is 5.72. The van der Waals surface area contributed by atoms with Crippen LogP contribution in [0.25, 0.3) is 0 Å². The molecule has 1 unspecified atom stereocenters. The van der Waals surface area contributed by atoms with Gasteiger partial charge in [-0.15, -0.1) is 0 Å². The first-order valence-electron chi connectivity index (χ1n) is 3.37. The highest BCUT2D eigenvalue weighted by atomic mass is 16.6. The zero-order valence-electron chi connectivity index (χ0n) is 6.35. The number of methoxy groups -OCH3 is 1. The van der Waals surface area contributed by atoms with Gasteiger partial charge in [-0.3, -0.25) is 4.79 Å². The van der Waals surface area contributed by atoms with Crippen LogP contribution >= 0.6 is 0 Å². The predicted octanol–water partition coefficient (Wildman–Crippen LogP) is 0.729. The lowest BCUT2D eigenvalue weighted by Gasteiger charge is -2.20. The molecule has 1 rings (SSSR count). The first-order chi connectivity index (χ1) is 4.66. The maximum absolute atomic E-state index is 10.7. The molecule has 0 aromatic carbocycles. The molecule has 0 spiro atoms. The van der Waals surface area contributed by atoms with Crippen molar-refractivity contribution in [1.82, 2.24) is 0 Å². The Morgan fingerprint density at radius 3 is 2.90 bits per heavy atom. The van der Waals surface area contributed by atoms with Crippen molar-refractivity contribution in [3.63, 3.8) is 0 Å². The molecule has 0 radical (unpaired) electrons. The van der Waals surface area contributed by atoms with Crippen LogP contribution in [0.1, 0.15) is 19.8 Å². The van der Waals surface area contributed by atoms with Gasteiger partial charge in [0, 0.05) is 13.5 Å². The minimum absolute atomic E-state index is 0.112. The van der Waals surface area contributed by atoms with Gasteiger partial charge in [-0.1, -0.05) is 0 Å². The Labute approximate surface area is 60.3 Å². The molecule has 0 aromatic heterocycles. The number of rotatable bonds is 2. The van der Waals surface area contributed by atoms with Crippen LogP contribution in [0, 0.1) is 0 Å². The highest BCUT2D eigenvalue weighted by Crippen LogP contribution is 2.25. The van der Waals surface area contributed by atoms with E-state index in [1.54, 1.807) is 7.11 Å². The second kappa shape index (κ2) is 2.58. The third-order valence-electron chi connectivity index (χ3n) is 1.67. The van der Waals surface area contributed by atoms with Crippen LogP contribution in [0.3, 0.4) is 0 Å². The summed E-state index contributed by atoms with van der Waals surface area (Å²) in [6.07, 6.45) is 1.31. The van der Waals surface area contributed by atoms with Gasteiger partial charge in [0.2, 0.25) is 0 Å². The Morgan fingerprint density at radius 1 is 1.80 bits per heavy atom. The second-order valence-electron chi connectivity index (χ2n) is 2.86. The first-order valence-corrected chi connectivity index (χ1v) is 3.37. The summed E-state index contributed by atoms with van der Waals surface area (Å²) in [5, 5.41) is 0. The number of hydrogen-bond donors (Lipinski definition) is 0. The van der Waals surface area contributed by atoms with E-state index in [4.69, 9.17) is 9.47 Å². The molecule has 0 aromatic rings. The molecule has 0 aliphatic carbocycles. The number of carbonyl (C=O) groups is 1. The number of ether oxygens (including phenoxy) is 2. The molecule has 0 saturated carbocycles. The van der Waals surface area contributed by atoms with Crippen LogP contribution in [0.4, 0.5) is 0 Å². The molecule has 1 aliphatic heterocycles. The Morgan fingerprint density at radius 2 is 2.50 bits per heavy atom. The van der Waals surface area contributed by atoms with E-state index in [9.17, 15) is 4.79 Å². The van der Waals surface area contributed by atoms with Gasteiger partial charge in [-0.2, -0.15) is 0 Å². The normalized spacial score (nSPS) is 32.4. The summed E-state index contributed by atoms with van der Waals surface area (Å²) < 4.78 is 9.93. The third kappa shape index (κ3) is 1.48. The van der Waals surface area contributed by atoms with E-state index in [2.05, 4.69) is 0 Å². The number of cyclic esters (lactones) is 1. The Kier molecular flexibility index (Phi) is 1.94. The molecule has 1 heterocycles. The van der Waals surface area contributed by atoms with E-state index in [0.29, 0.717) is 13.0 Å². The van der Waals surface area contributed by atoms with E-state index >= 15 is 0 Å². The third-order valence-corrected chi connectivity index (χ3v) is 1.67. The second-order valence-corrected chi connectivity index (χ2v) is 2.86. The van der Waals surface area contributed by atoms with Crippen LogP contribution in [0.2, 0.25) is 0 Å². The van der Waals surface area contributed by atoms with Crippen LogP contribution in [0.5, 0.6) is 0 Å². The number of hydrogen-bond acceptors (Lipinski definition) is 3. The lowest BCUT2D eigenvalue weighted by atomic mass is 10.1. The maximum atomic E-state index is 10.7. The predicted molar refractivity (Wildman–Crippen MR) is 35.6 cm³/mol. The van der Waals surface area contributed by atoms with Crippen molar-refractivity contribution in [3.8, 4) is 0 Å². The van der Waals surface area contributed by atoms with E-state index in [-0.39, 0.29) is 11.6 Å². The Bertz CT molecular complexity index is 144. The fraction of sp³-hybridized carbons (Fsp3) is 0.857. The zero-order valence-corrected chi connectivity index (χ0v) is 6.35. The Balaban J connectivity index is 2.46. The molecular formula is C7H12O3. The minimum atomic E-state index is -0.355. The molecule has 3 nitrogen and oxygen atoms in total. The summed E-state index contributed by atoms with van der Waals surface area (Å²) in [6.45, 7) is 2.39. The van der Waals surface area contributed by atoms with Gasteiger partial charge in [0.05, 0.1) is 6.61 Å². The molecule has 0 N–H and O–H groups in total. The molecule has 0 amide bonds. The van der Waals surface area contributed by atoms with E-state index in [1.165, 1.54) is 0 Å². The van der Waals surface area contributed by atoms with E-state index in [1.807, 2.05) is 6.92 Å². The summed E-state index contributed by atoms with van der Waals surface area (Å²) in [5.74, 6) is -0.112. The summed E-state index contributed by atoms with van der Waals surface area (Å²) in [6, 6.07) is 0. The van der Waals surface area contributed by atoms with Gasteiger partial charge in [-0.05, 0) is 13.3 Å². The topological polar surface area (TPSA) is 35.5 Å². The van der Waals surface area contributed by atoms with E-state index < -0.39 is 0 Å². The van der Waals surface area contributed by atoms with Crippen LogP contribution in [-0.2, 0) is 14.3 Å². The van der Waals surface area contributed by atoms with Crippen LogP contribution in [-0.4, -0.2) is 25.3 Å². The fourth-order valence-corrected chi connectivity index (χ4v) is 1.15. The monoisotopic (exact) mass is 144 g/mol. The molecule has 3 heteroatoms. The van der Waals surface area contributed by atoms with E-state index in [0.717, 1.165) is 6.42 Å². The van der Waals surface area contributed by atoms with Crippen molar-refractivity contribution < 1.29 is 14.3 Å². The summed E-state index contributed by atoms with van der Waals surface area (Å²) in [7, 11) is 1.61. The molecule has 58 valence electrons. The quantitative estimate of drug-likeness (QED) is 0.536. The maximum Gasteiger partial charge on any atom is 0.306 e. The van der Waals surface area contributed by atoms with Gasteiger partial charge in [-0.25, -0.2) is 0 Å². The average molecular weight is 144 g/mol. The summed E-state index contributed by atoms with van der Waals surface area (Å²) in [4.78, 5) is 10.7. The lowest BCUT2D eigenvalue weighted by Crippen LogP contribution is -2.29. The average Bonchev–Trinajstić information content (AvgIpc) is 2.12. The molecular weight excluding hydrogens is 132 g/mol. The van der Waals surface area contributed by atoms with Crippen molar-refractivity contribution in [1.29, 1.82) is 0 Å². The van der Waals surface area contributed by atoms with Gasteiger partial charge >= 0.3 is 5.97 Å². The van der Waals surface area contributed by atoms with Crippen molar-refractivity contribution >= 4 is 5.97 Å². The number of esters is 1. The van der Waals surface area contributed by atoms with Crippen molar-refractivity contribution in [2.24, 2.45) is 0 Å².